The normalized spacial score (nSPS) is 38.5. The topological polar surface area (TPSA) is 46.3 Å². The molecule has 2 N–H and O–H groups in total. The number of rotatable bonds is 3. The summed E-state index contributed by atoms with van der Waals surface area (Å²) in [6.45, 7) is 12.4. The van der Waals surface area contributed by atoms with Gasteiger partial charge in [-0.05, 0) is 30.1 Å². The van der Waals surface area contributed by atoms with E-state index in [0.29, 0.717) is 12.3 Å². The van der Waals surface area contributed by atoms with E-state index < -0.39 is 0 Å². The van der Waals surface area contributed by atoms with Crippen molar-refractivity contribution in [1.29, 1.82) is 0 Å². The van der Waals surface area contributed by atoms with Gasteiger partial charge in [0.15, 0.2) is 0 Å². The molecule has 1 aliphatic heterocycles. The van der Waals surface area contributed by atoms with Crippen molar-refractivity contribution in [3.8, 4) is 0 Å². The summed E-state index contributed by atoms with van der Waals surface area (Å²) in [5, 5.41) is 0. The molecule has 108 valence electrons. The predicted octanol–water partition coefficient (Wildman–Crippen LogP) is 2.56. The zero-order valence-corrected chi connectivity index (χ0v) is 12.6. The monoisotopic (exact) mass is 264 g/mol. The van der Waals surface area contributed by atoms with Gasteiger partial charge in [-0.25, -0.2) is 0 Å². The van der Waals surface area contributed by atoms with E-state index in [4.69, 9.17) is 5.73 Å². The fourth-order valence-electron chi connectivity index (χ4n) is 4.41. The van der Waals surface area contributed by atoms with Gasteiger partial charge in [0.25, 0.3) is 0 Å². The average Bonchev–Trinajstić information content (AvgIpc) is 2.55. The minimum Gasteiger partial charge on any atom is -0.342 e. The van der Waals surface area contributed by atoms with Crippen LogP contribution < -0.4 is 5.73 Å². The molecular formula is C16H28N2O. The van der Waals surface area contributed by atoms with Gasteiger partial charge in [0.05, 0.1) is 0 Å². The number of nitrogens with two attached hydrogens (primary N) is 1. The number of carbonyl (C=O) groups excluding carboxylic acids is 1. The molecule has 1 heterocycles. The van der Waals surface area contributed by atoms with Gasteiger partial charge < -0.3 is 10.6 Å². The highest BCUT2D eigenvalue weighted by Gasteiger charge is 2.42. The first-order valence-corrected chi connectivity index (χ1v) is 7.39. The molecule has 19 heavy (non-hydrogen) atoms. The van der Waals surface area contributed by atoms with Gasteiger partial charge in [0.1, 0.15) is 0 Å². The van der Waals surface area contributed by atoms with Crippen LogP contribution in [0.15, 0.2) is 12.7 Å². The number of carbonyl (C=O) groups is 1. The van der Waals surface area contributed by atoms with Crippen LogP contribution in [0.2, 0.25) is 0 Å². The first kappa shape index (κ1) is 14.6. The fourth-order valence-corrected chi connectivity index (χ4v) is 4.41. The molecule has 3 heteroatoms. The smallest absolute Gasteiger partial charge is 0.223 e. The number of amides is 1. The second-order valence-electron chi connectivity index (χ2n) is 7.79. The third-order valence-corrected chi connectivity index (χ3v) is 4.63. The van der Waals surface area contributed by atoms with E-state index in [1.807, 2.05) is 11.0 Å². The van der Waals surface area contributed by atoms with Crippen LogP contribution in [0.4, 0.5) is 0 Å². The minimum absolute atomic E-state index is 0.160. The maximum absolute atomic E-state index is 12.0. The molecule has 0 aromatic heterocycles. The summed E-state index contributed by atoms with van der Waals surface area (Å²) in [7, 11) is 0. The molecule has 3 unspecified atom stereocenters. The van der Waals surface area contributed by atoms with Crippen LogP contribution in [0.1, 0.15) is 46.5 Å². The quantitative estimate of drug-likeness (QED) is 0.796. The summed E-state index contributed by atoms with van der Waals surface area (Å²) < 4.78 is 0. The summed E-state index contributed by atoms with van der Waals surface area (Å²) in [6, 6.07) is 0.265. The van der Waals surface area contributed by atoms with Crippen LogP contribution in [0.5, 0.6) is 0 Å². The summed E-state index contributed by atoms with van der Waals surface area (Å²) in [5.41, 5.74) is 6.67. The van der Waals surface area contributed by atoms with E-state index in [9.17, 15) is 4.79 Å². The molecule has 0 spiro atoms. The van der Waals surface area contributed by atoms with E-state index in [2.05, 4.69) is 27.4 Å². The molecule has 0 aromatic carbocycles. The molecule has 1 amide bonds. The van der Waals surface area contributed by atoms with Crippen molar-refractivity contribution < 1.29 is 4.79 Å². The second kappa shape index (κ2) is 4.93. The Labute approximate surface area is 117 Å². The Morgan fingerprint density at radius 2 is 2.11 bits per heavy atom. The van der Waals surface area contributed by atoms with E-state index in [1.54, 1.807) is 0 Å². The Kier molecular flexibility index (Phi) is 3.78. The molecular weight excluding hydrogens is 236 g/mol. The average molecular weight is 264 g/mol. The van der Waals surface area contributed by atoms with E-state index in [0.717, 1.165) is 32.4 Å². The lowest BCUT2D eigenvalue weighted by Crippen LogP contribution is -2.48. The molecule has 2 fully saturated rings. The van der Waals surface area contributed by atoms with Gasteiger partial charge in [0.2, 0.25) is 5.91 Å². The van der Waals surface area contributed by atoms with Crippen LogP contribution >= 0.6 is 0 Å². The second-order valence-corrected chi connectivity index (χ2v) is 7.79. The minimum atomic E-state index is 0.160. The van der Waals surface area contributed by atoms with Gasteiger partial charge in [-0.15, -0.1) is 6.58 Å². The Morgan fingerprint density at radius 1 is 1.42 bits per heavy atom. The molecule has 2 aliphatic rings. The highest BCUT2D eigenvalue weighted by Crippen LogP contribution is 2.46. The standard InChI is InChI=1S/C16H28N2O/c1-5-12-6-14(19)18(9-12)11-16(4)8-13(17)7-15(2,3)10-16/h5,12-13H,1,6-11,17H2,2-4H3. The van der Waals surface area contributed by atoms with Gasteiger partial charge >= 0.3 is 0 Å². The number of hydrogen-bond acceptors (Lipinski definition) is 2. The summed E-state index contributed by atoms with van der Waals surface area (Å²) in [4.78, 5) is 14.1. The van der Waals surface area contributed by atoms with Crippen LogP contribution in [-0.4, -0.2) is 29.9 Å². The zero-order chi connectivity index (χ0) is 14.3. The van der Waals surface area contributed by atoms with E-state index in [-0.39, 0.29) is 22.8 Å². The lowest BCUT2D eigenvalue weighted by atomic mass is 9.62. The molecule has 3 nitrogen and oxygen atoms in total. The Balaban J connectivity index is 2.05. The Morgan fingerprint density at radius 3 is 2.63 bits per heavy atom. The maximum Gasteiger partial charge on any atom is 0.223 e. The lowest BCUT2D eigenvalue weighted by Gasteiger charge is -2.47. The summed E-state index contributed by atoms with van der Waals surface area (Å²) in [5.74, 6) is 0.615. The van der Waals surface area contributed by atoms with Crippen LogP contribution in [0.3, 0.4) is 0 Å². The fraction of sp³-hybridized carbons (Fsp3) is 0.812. The summed E-state index contributed by atoms with van der Waals surface area (Å²) in [6.07, 6.45) is 5.81. The van der Waals surface area contributed by atoms with Crippen LogP contribution in [0, 0.1) is 16.7 Å². The largest absolute Gasteiger partial charge is 0.342 e. The van der Waals surface area contributed by atoms with Crippen molar-refractivity contribution in [2.75, 3.05) is 13.1 Å². The molecule has 1 saturated heterocycles. The highest BCUT2D eigenvalue weighted by molar-refractivity contribution is 5.79. The predicted molar refractivity (Wildman–Crippen MR) is 78.6 cm³/mol. The SMILES string of the molecule is C=CC1CC(=O)N(CC2(C)CC(N)CC(C)(C)C2)C1. The third-order valence-electron chi connectivity index (χ3n) is 4.63. The first-order valence-electron chi connectivity index (χ1n) is 7.39. The van der Waals surface area contributed by atoms with Crippen LogP contribution in [0.25, 0.3) is 0 Å². The zero-order valence-electron chi connectivity index (χ0n) is 12.6. The molecule has 0 bridgehead atoms. The molecule has 3 atom stereocenters. The van der Waals surface area contributed by atoms with Crippen molar-refractivity contribution in [2.45, 2.75) is 52.5 Å². The Bertz CT molecular complexity index is 377. The van der Waals surface area contributed by atoms with Crippen molar-refractivity contribution in [3.05, 3.63) is 12.7 Å². The molecule has 2 rings (SSSR count). The van der Waals surface area contributed by atoms with Crippen LogP contribution in [-0.2, 0) is 4.79 Å². The third kappa shape index (κ3) is 3.38. The molecule has 0 radical (unpaired) electrons. The van der Waals surface area contributed by atoms with Gasteiger partial charge in [-0.1, -0.05) is 26.8 Å². The van der Waals surface area contributed by atoms with Crippen molar-refractivity contribution in [2.24, 2.45) is 22.5 Å². The van der Waals surface area contributed by atoms with E-state index >= 15 is 0 Å². The number of hydrogen-bond donors (Lipinski definition) is 1. The van der Waals surface area contributed by atoms with Gasteiger partial charge in [-0.2, -0.15) is 0 Å². The number of likely N-dealkylation sites (tertiary alicyclic amines) is 1. The summed E-state index contributed by atoms with van der Waals surface area (Å²) >= 11 is 0. The van der Waals surface area contributed by atoms with Gasteiger partial charge in [-0.3, -0.25) is 4.79 Å². The van der Waals surface area contributed by atoms with Gasteiger partial charge in [0, 0.05) is 31.5 Å². The molecule has 0 aromatic rings. The molecule has 1 saturated carbocycles. The van der Waals surface area contributed by atoms with Crippen molar-refractivity contribution in [1.82, 2.24) is 4.90 Å². The van der Waals surface area contributed by atoms with E-state index in [1.165, 1.54) is 0 Å². The maximum atomic E-state index is 12.0. The Hall–Kier alpha value is -0.830. The number of nitrogens with zero attached hydrogens (tertiary/aromatic N) is 1. The first-order chi connectivity index (χ1) is 8.73. The highest BCUT2D eigenvalue weighted by atomic mass is 16.2. The molecule has 1 aliphatic carbocycles. The van der Waals surface area contributed by atoms with Crippen molar-refractivity contribution in [3.63, 3.8) is 0 Å². The van der Waals surface area contributed by atoms with Crippen molar-refractivity contribution >= 4 is 5.91 Å². The lowest BCUT2D eigenvalue weighted by molar-refractivity contribution is -0.129.